The lowest BCUT2D eigenvalue weighted by molar-refractivity contribution is 0.484. The summed E-state index contributed by atoms with van der Waals surface area (Å²) in [5, 5.41) is 3.41. The van der Waals surface area contributed by atoms with Gasteiger partial charge in [0.25, 0.3) is 0 Å². The summed E-state index contributed by atoms with van der Waals surface area (Å²) in [6.07, 6.45) is 1.16. The first-order chi connectivity index (χ1) is 7.74. The molecule has 0 saturated carbocycles. The van der Waals surface area contributed by atoms with Gasteiger partial charge in [0.05, 0.1) is 17.1 Å². The van der Waals surface area contributed by atoms with Crippen LogP contribution >= 0.6 is 0 Å². The molecule has 3 nitrogen and oxygen atoms in total. The first-order valence-electron chi connectivity index (χ1n) is 5.62. The van der Waals surface area contributed by atoms with Crippen molar-refractivity contribution in [2.45, 2.75) is 19.4 Å². The van der Waals surface area contributed by atoms with E-state index in [9.17, 15) is 4.39 Å². The van der Waals surface area contributed by atoms with Gasteiger partial charge in [0.1, 0.15) is 11.6 Å². The smallest absolute Gasteiger partial charge is 0.125 e. The fourth-order valence-corrected chi connectivity index (χ4v) is 2.35. The molecule has 1 aromatic carbocycles. The fourth-order valence-electron chi connectivity index (χ4n) is 2.35. The van der Waals surface area contributed by atoms with Crippen molar-refractivity contribution >= 4 is 11.0 Å². The maximum atomic E-state index is 13.0. The van der Waals surface area contributed by atoms with Crippen molar-refractivity contribution in [1.29, 1.82) is 0 Å². The third-order valence-electron chi connectivity index (χ3n) is 3.29. The molecule has 1 aliphatic heterocycles. The zero-order chi connectivity index (χ0) is 11.1. The predicted octanol–water partition coefficient (Wildman–Crippen LogP) is 2.37. The third-order valence-corrected chi connectivity index (χ3v) is 3.29. The minimum atomic E-state index is -0.227. The number of hydrogen-bond donors (Lipinski definition) is 2. The zero-order valence-electron chi connectivity index (χ0n) is 9.13. The molecular formula is C12H14FN3. The normalized spacial score (nSPS) is 25.4. The van der Waals surface area contributed by atoms with E-state index in [0.717, 1.165) is 29.8 Å². The molecule has 3 rings (SSSR count). The molecule has 1 aromatic heterocycles. The lowest BCUT2D eigenvalue weighted by Crippen LogP contribution is -2.17. The van der Waals surface area contributed by atoms with E-state index in [1.54, 1.807) is 6.07 Å². The summed E-state index contributed by atoms with van der Waals surface area (Å²) >= 11 is 0. The van der Waals surface area contributed by atoms with Crippen LogP contribution in [0.2, 0.25) is 0 Å². The third kappa shape index (κ3) is 1.50. The van der Waals surface area contributed by atoms with E-state index < -0.39 is 0 Å². The Balaban J connectivity index is 2.04. The Morgan fingerprint density at radius 1 is 1.44 bits per heavy atom. The largest absolute Gasteiger partial charge is 0.341 e. The molecule has 1 fully saturated rings. The fraction of sp³-hybridized carbons (Fsp3) is 0.417. The molecule has 4 heteroatoms. The molecule has 1 aliphatic rings. The average Bonchev–Trinajstić information content (AvgIpc) is 2.82. The number of nitrogens with zero attached hydrogens (tertiary/aromatic N) is 1. The second kappa shape index (κ2) is 3.56. The lowest BCUT2D eigenvalue weighted by Gasteiger charge is -2.11. The second-order valence-corrected chi connectivity index (χ2v) is 4.48. The van der Waals surface area contributed by atoms with Crippen molar-refractivity contribution in [2.24, 2.45) is 5.92 Å². The van der Waals surface area contributed by atoms with Crippen LogP contribution in [0.25, 0.3) is 11.0 Å². The number of benzene rings is 1. The van der Waals surface area contributed by atoms with Gasteiger partial charge in [-0.3, -0.25) is 0 Å². The summed E-state index contributed by atoms with van der Waals surface area (Å²) in [5.74, 6) is 1.27. The molecule has 1 saturated heterocycles. The number of rotatable bonds is 1. The van der Waals surface area contributed by atoms with Gasteiger partial charge >= 0.3 is 0 Å². The Morgan fingerprint density at radius 2 is 2.31 bits per heavy atom. The lowest BCUT2D eigenvalue weighted by atomic mass is 10.0. The molecule has 2 heterocycles. The SMILES string of the molecule is CC1CCNC1c1nc2ccc(F)cc2[nH]1. The summed E-state index contributed by atoms with van der Waals surface area (Å²) in [4.78, 5) is 7.70. The Bertz CT molecular complexity index is 520. The number of imidazole rings is 1. The Labute approximate surface area is 93.1 Å². The van der Waals surface area contributed by atoms with Crippen LogP contribution in [0.15, 0.2) is 18.2 Å². The summed E-state index contributed by atoms with van der Waals surface area (Å²) in [6, 6.07) is 4.92. The molecule has 0 spiro atoms. The van der Waals surface area contributed by atoms with Gasteiger partial charge in [0.2, 0.25) is 0 Å². The number of halogens is 1. The standard InChI is InChI=1S/C12H14FN3/c1-7-4-5-14-11(7)12-15-9-3-2-8(13)6-10(9)16-12/h2-3,6-7,11,14H,4-5H2,1H3,(H,15,16). The number of aromatic nitrogens is 2. The maximum absolute atomic E-state index is 13.0. The summed E-state index contributed by atoms with van der Waals surface area (Å²) in [5.41, 5.74) is 1.60. The van der Waals surface area contributed by atoms with E-state index in [4.69, 9.17) is 0 Å². The van der Waals surface area contributed by atoms with Gasteiger partial charge < -0.3 is 10.3 Å². The van der Waals surface area contributed by atoms with Crippen LogP contribution in [0.3, 0.4) is 0 Å². The molecule has 2 atom stereocenters. The van der Waals surface area contributed by atoms with Gasteiger partial charge in [0.15, 0.2) is 0 Å². The number of hydrogen-bond acceptors (Lipinski definition) is 2. The number of aromatic amines is 1. The second-order valence-electron chi connectivity index (χ2n) is 4.48. The molecule has 0 radical (unpaired) electrons. The van der Waals surface area contributed by atoms with E-state index in [1.165, 1.54) is 12.1 Å². The topological polar surface area (TPSA) is 40.7 Å². The highest BCUT2D eigenvalue weighted by Gasteiger charge is 2.26. The average molecular weight is 219 g/mol. The molecular weight excluding hydrogens is 205 g/mol. The summed E-state index contributed by atoms with van der Waals surface area (Å²) in [7, 11) is 0. The molecule has 84 valence electrons. The molecule has 2 aromatic rings. The van der Waals surface area contributed by atoms with Crippen LogP contribution < -0.4 is 5.32 Å². The Hall–Kier alpha value is -1.42. The molecule has 2 unspecified atom stereocenters. The van der Waals surface area contributed by atoms with Crippen LogP contribution in [0.5, 0.6) is 0 Å². The van der Waals surface area contributed by atoms with Gasteiger partial charge in [-0.05, 0) is 37.1 Å². The van der Waals surface area contributed by atoms with Gasteiger partial charge in [0, 0.05) is 0 Å². The van der Waals surface area contributed by atoms with E-state index in [1.807, 2.05) is 0 Å². The van der Waals surface area contributed by atoms with E-state index in [2.05, 4.69) is 22.2 Å². The van der Waals surface area contributed by atoms with E-state index >= 15 is 0 Å². The Kier molecular flexibility index (Phi) is 2.17. The summed E-state index contributed by atoms with van der Waals surface area (Å²) < 4.78 is 13.0. The molecule has 0 bridgehead atoms. The van der Waals surface area contributed by atoms with Crippen molar-refractivity contribution in [3.8, 4) is 0 Å². The highest BCUT2D eigenvalue weighted by Crippen LogP contribution is 2.28. The van der Waals surface area contributed by atoms with Crippen molar-refractivity contribution in [1.82, 2.24) is 15.3 Å². The Morgan fingerprint density at radius 3 is 3.06 bits per heavy atom. The van der Waals surface area contributed by atoms with Crippen molar-refractivity contribution < 1.29 is 4.39 Å². The van der Waals surface area contributed by atoms with Crippen LogP contribution in [0, 0.1) is 11.7 Å². The van der Waals surface area contributed by atoms with Crippen molar-refractivity contribution in [3.63, 3.8) is 0 Å². The van der Waals surface area contributed by atoms with Crippen LogP contribution in [0.1, 0.15) is 25.2 Å². The predicted molar refractivity (Wildman–Crippen MR) is 60.6 cm³/mol. The van der Waals surface area contributed by atoms with Gasteiger partial charge in [-0.15, -0.1) is 0 Å². The maximum Gasteiger partial charge on any atom is 0.125 e. The minimum absolute atomic E-state index is 0.227. The minimum Gasteiger partial charge on any atom is -0.341 e. The number of nitrogens with one attached hydrogen (secondary N) is 2. The first-order valence-corrected chi connectivity index (χ1v) is 5.62. The van der Waals surface area contributed by atoms with Gasteiger partial charge in [-0.25, -0.2) is 9.37 Å². The van der Waals surface area contributed by atoms with Crippen LogP contribution in [0.4, 0.5) is 4.39 Å². The first kappa shape index (κ1) is 9.78. The van der Waals surface area contributed by atoms with E-state index in [-0.39, 0.29) is 11.9 Å². The quantitative estimate of drug-likeness (QED) is 0.773. The van der Waals surface area contributed by atoms with Crippen molar-refractivity contribution in [2.75, 3.05) is 6.54 Å². The molecule has 16 heavy (non-hydrogen) atoms. The van der Waals surface area contributed by atoms with Gasteiger partial charge in [-0.1, -0.05) is 6.92 Å². The molecule has 0 amide bonds. The number of H-pyrrole nitrogens is 1. The van der Waals surface area contributed by atoms with Gasteiger partial charge in [-0.2, -0.15) is 0 Å². The van der Waals surface area contributed by atoms with Crippen LogP contribution in [-0.2, 0) is 0 Å². The van der Waals surface area contributed by atoms with Crippen LogP contribution in [-0.4, -0.2) is 16.5 Å². The van der Waals surface area contributed by atoms with Crippen molar-refractivity contribution in [3.05, 3.63) is 29.8 Å². The highest BCUT2D eigenvalue weighted by molar-refractivity contribution is 5.75. The number of fused-ring (bicyclic) bond motifs is 1. The molecule has 0 aliphatic carbocycles. The summed E-state index contributed by atoms with van der Waals surface area (Å²) in [6.45, 7) is 3.23. The zero-order valence-corrected chi connectivity index (χ0v) is 9.13. The highest BCUT2D eigenvalue weighted by atomic mass is 19.1. The monoisotopic (exact) mass is 219 g/mol. The molecule has 2 N–H and O–H groups in total. The van der Waals surface area contributed by atoms with E-state index in [0.29, 0.717) is 5.92 Å².